The first-order valence-corrected chi connectivity index (χ1v) is 6.90. The average Bonchev–Trinajstić information content (AvgIpc) is 2.57. The summed E-state index contributed by atoms with van der Waals surface area (Å²) in [7, 11) is 0. The number of hydrogen-bond acceptors (Lipinski definition) is 3. The molecule has 0 saturated heterocycles. The maximum Gasteiger partial charge on any atom is 0.120 e. The van der Waals surface area contributed by atoms with Crippen molar-refractivity contribution >= 4 is 0 Å². The van der Waals surface area contributed by atoms with Crippen molar-refractivity contribution < 1.29 is 10.2 Å². The van der Waals surface area contributed by atoms with Gasteiger partial charge in [-0.15, -0.1) is 0 Å². The highest BCUT2D eigenvalue weighted by Crippen LogP contribution is 2.26. The SMILES string of the molecule is Oc1ccccc1CNCC1(O)CCCCCC1. The molecular weight excluding hydrogens is 226 g/mol. The summed E-state index contributed by atoms with van der Waals surface area (Å²) >= 11 is 0. The second-order valence-electron chi connectivity index (χ2n) is 5.37. The summed E-state index contributed by atoms with van der Waals surface area (Å²) in [5, 5.41) is 23.4. The number of phenols is 1. The Balaban J connectivity index is 1.82. The summed E-state index contributed by atoms with van der Waals surface area (Å²) in [5.41, 5.74) is 0.329. The van der Waals surface area contributed by atoms with Crippen LogP contribution in [0.25, 0.3) is 0 Å². The van der Waals surface area contributed by atoms with Crippen LogP contribution in [0, 0.1) is 0 Å². The molecule has 0 radical (unpaired) electrons. The predicted molar refractivity (Wildman–Crippen MR) is 72.5 cm³/mol. The average molecular weight is 249 g/mol. The highest BCUT2D eigenvalue weighted by molar-refractivity contribution is 5.31. The maximum atomic E-state index is 10.5. The van der Waals surface area contributed by atoms with Crippen molar-refractivity contribution in [3.05, 3.63) is 29.8 Å². The third-order valence-electron chi connectivity index (χ3n) is 3.80. The molecule has 1 aromatic rings. The number of aliphatic hydroxyl groups is 1. The van der Waals surface area contributed by atoms with Gasteiger partial charge in [0.2, 0.25) is 0 Å². The number of nitrogens with one attached hydrogen (secondary N) is 1. The zero-order valence-corrected chi connectivity index (χ0v) is 10.9. The standard InChI is InChI=1S/C15H23NO2/c17-14-8-4-3-7-13(14)11-16-12-15(18)9-5-1-2-6-10-15/h3-4,7-8,16-18H,1-2,5-6,9-12H2. The van der Waals surface area contributed by atoms with Gasteiger partial charge in [0.1, 0.15) is 5.75 Å². The summed E-state index contributed by atoms with van der Waals surface area (Å²) < 4.78 is 0. The van der Waals surface area contributed by atoms with Gasteiger partial charge in [-0.05, 0) is 18.9 Å². The van der Waals surface area contributed by atoms with E-state index in [0.717, 1.165) is 31.2 Å². The monoisotopic (exact) mass is 249 g/mol. The molecule has 2 rings (SSSR count). The third kappa shape index (κ3) is 3.72. The number of rotatable bonds is 4. The van der Waals surface area contributed by atoms with Gasteiger partial charge in [-0.1, -0.05) is 43.9 Å². The first kappa shape index (κ1) is 13.4. The van der Waals surface area contributed by atoms with Crippen LogP contribution in [0.2, 0.25) is 0 Å². The Bertz CT molecular complexity index is 371. The van der Waals surface area contributed by atoms with E-state index in [-0.39, 0.29) is 0 Å². The molecule has 18 heavy (non-hydrogen) atoms. The van der Waals surface area contributed by atoms with Crippen LogP contribution in [0.1, 0.15) is 44.1 Å². The zero-order valence-electron chi connectivity index (χ0n) is 10.9. The number of aromatic hydroxyl groups is 1. The van der Waals surface area contributed by atoms with E-state index in [4.69, 9.17) is 0 Å². The van der Waals surface area contributed by atoms with Crippen LogP contribution < -0.4 is 5.32 Å². The predicted octanol–water partition coefficient (Wildman–Crippen LogP) is 2.57. The Labute approximate surface area is 109 Å². The van der Waals surface area contributed by atoms with Gasteiger partial charge in [-0.25, -0.2) is 0 Å². The Morgan fingerprint density at radius 2 is 1.72 bits per heavy atom. The molecule has 0 spiro atoms. The van der Waals surface area contributed by atoms with E-state index in [9.17, 15) is 10.2 Å². The molecule has 3 nitrogen and oxygen atoms in total. The van der Waals surface area contributed by atoms with E-state index in [1.807, 2.05) is 18.2 Å². The molecule has 100 valence electrons. The second kappa shape index (κ2) is 6.21. The second-order valence-corrected chi connectivity index (χ2v) is 5.37. The topological polar surface area (TPSA) is 52.5 Å². The summed E-state index contributed by atoms with van der Waals surface area (Å²) in [6.07, 6.45) is 6.49. The van der Waals surface area contributed by atoms with Gasteiger partial charge in [0.05, 0.1) is 5.60 Å². The minimum absolute atomic E-state index is 0.317. The molecular formula is C15H23NO2. The minimum atomic E-state index is -0.555. The van der Waals surface area contributed by atoms with Crippen molar-refractivity contribution in [1.82, 2.24) is 5.32 Å². The Morgan fingerprint density at radius 1 is 1.06 bits per heavy atom. The fourth-order valence-electron chi connectivity index (χ4n) is 2.65. The molecule has 1 fully saturated rings. The van der Waals surface area contributed by atoms with Crippen molar-refractivity contribution in [2.24, 2.45) is 0 Å². The van der Waals surface area contributed by atoms with Crippen LogP contribution in [0.15, 0.2) is 24.3 Å². The fraction of sp³-hybridized carbons (Fsp3) is 0.600. The summed E-state index contributed by atoms with van der Waals surface area (Å²) in [4.78, 5) is 0. The lowest BCUT2D eigenvalue weighted by molar-refractivity contribution is 0.0250. The summed E-state index contributed by atoms with van der Waals surface area (Å²) in [5.74, 6) is 0.317. The van der Waals surface area contributed by atoms with E-state index in [1.54, 1.807) is 6.07 Å². The lowest BCUT2D eigenvalue weighted by Crippen LogP contribution is -2.39. The third-order valence-corrected chi connectivity index (χ3v) is 3.80. The molecule has 0 atom stereocenters. The quantitative estimate of drug-likeness (QED) is 0.719. The van der Waals surface area contributed by atoms with Gasteiger partial charge in [0.15, 0.2) is 0 Å². The van der Waals surface area contributed by atoms with Crippen LogP contribution in [0.5, 0.6) is 5.75 Å². The minimum Gasteiger partial charge on any atom is -0.508 e. The molecule has 0 bridgehead atoms. The molecule has 3 heteroatoms. The van der Waals surface area contributed by atoms with Gasteiger partial charge in [0.25, 0.3) is 0 Å². The first-order valence-electron chi connectivity index (χ1n) is 6.90. The molecule has 0 unspecified atom stereocenters. The van der Waals surface area contributed by atoms with Crippen LogP contribution >= 0.6 is 0 Å². The van der Waals surface area contributed by atoms with E-state index in [2.05, 4.69) is 5.32 Å². The van der Waals surface area contributed by atoms with Crippen LogP contribution in [-0.2, 0) is 6.54 Å². The number of para-hydroxylation sites is 1. The van der Waals surface area contributed by atoms with E-state index < -0.39 is 5.60 Å². The number of phenolic OH excluding ortho intramolecular Hbond substituents is 1. The van der Waals surface area contributed by atoms with Gasteiger partial charge in [-0.2, -0.15) is 0 Å². The Hall–Kier alpha value is -1.06. The van der Waals surface area contributed by atoms with E-state index in [1.165, 1.54) is 12.8 Å². The van der Waals surface area contributed by atoms with Crippen LogP contribution in [-0.4, -0.2) is 22.4 Å². The van der Waals surface area contributed by atoms with E-state index in [0.29, 0.717) is 18.8 Å². The van der Waals surface area contributed by atoms with Crippen molar-refractivity contribution in [3.8, 4) is 5.75 Å². The summed E-state index contributed by atoms with van der Waals surface area (Å²) in [6.45, 7) is 1.22. The molecule has 1 aliphatic carbocycles. The summed E-state index contributed by atoms with van der Waals surface area (Å²) in [6, 6.07) is 7.33. The zero-order chi connectivity index (χ0) is 12.8. The van der Waals surface area contributed by atoms with Crippen molar-refractivity contribution in [3.63, 3.8) is 0 Å². The van der Waals surface area contributed by atoms with Crippen molar-refractivity contribution in [1.29, 1.82) is 0 Å². The normalized spacial score (nSPS) is 19.4. The highest BCUT2D eigenvalue weighted by Gasteiger charge is 2.27. The molecule has 0 aliphatic heterocycles. The van der Waals surface area contributed by atoms with Gasteiger partial charge < -0.3 is 15.5 Å². The van der Waals surface area contributed by atoms with Gasteiger partial charge >= 0.3 is 0 Å². The molecule has 0 amide bonds. The number of benzene rings is 1. The largest absolute Gasteiger partial charge is 0.508 e. The molecule has 1 aromatic carbocycles. The van der Waals surface area contributed by atoms with Gasteiger partial charge in [0, 0.05) is 18.7 Å². The Morgan fingerprint density at radius 3 is 2.39 bits per heavy atom. The van der Waals surface area contributed by atoms with Crippen molar-refractivity contribution in [2.45, 2.75) is 50.7 Å². The highest BCUT2D eigenvalue weighted by atomic mass is 16.3. The molecule has 0 heterocycles. The van der Waals surface area contributed by atoms with Crippen molar-refractivity contribution in [2.75, 3.05) is 6.54 Å². The fourth-order valence-corrected chi connectivity index (χ4v) is 2.65. The lowest BCUT2D eigenvalue weighted by atomic mass is 9.94. The van der Waals surface area contributed by atoms with Crippen LogP contribution in [0.4, 0.5) is 0 Å². The molecule has 1 saturated carbocycles. The van der Waals surface area contributed by atoms with Gasteiger partial charge in [-0.3, -0.25) is 0 Å². The lowest BCUT2D eigenvalue weighted by Gasteiger charge is -2.27. The molecule has 3 N–H and O–H groups in total. The van der Waals surface area contributed by atoms with Crippen LogP contribution in [0.3, 0.4) is 0 Å². The van der Waals surface area contributed by atoms with E-state index >= 15 is 0 Å². The molecule has 0 aromatic heterocycles. The first-order chi connectivity index (χ1) is 8.70. The Kier molecular flexibility index (Phi) is 4.61. The number of hydrogen-bond donors (Lipinski definition) is 3. The maximum absolute atomic E-state index is 10.5. The smallest absolute Gasteiger partial charge is 0.120 e. The molecule has 1 aliphatic rings.